The summed E-state index contributed by atoms with van der Waals surface area (Å²) in [7, 11) is 0. The molecule has 1 aliphatic rings. The molecule has 0 saturated heterocycles. The quantitative estimate of drug-likeness (QED) is 0.664. The van der Waals surface area contributed by atoms with E-state index < -0.39 is 0 Å². The summed E-state index contributed by atoms with van der Waals surface area (Å²) in [6, 6.07) is 0.895. The van der Waals surface area contributed by atoms with E-state index in [9.17, 15) is 0 Å². The number of hydrogen-bond donors (Lipinski definition) is 0. The maximum Gasteiger partial charge on any atom is 0.00966 e. The third-order valence-electron chi connectivity index (χ3n) is 3.53. The molecule has 0 spiro atoms. The molecule has 0 aliphatic heterocycles. The Balaban J connectivity index is 2.52. The number of halogens is 1. The average Bonchev–Trinajstić information content (AvgIpc) is 2.92. The van der Waals surface area contributed by atoms with E-state index in [4.69, 9.17) is 0 Å². The predicted octanol–water partition coefficient (Wildman–Crippen LogP) is 4.16. The average molecular weight is 290 g/mol. The molecule has 0 bridgehead atoms. The largest absolute Gasteiger partial charge is 0.300 e. The Hall–Kier alpha value is 0.440. The van der Waals surface area contributed by atoms with E-state index in [1.807, 2.05) is 0 Å². The first kappa shape index (κ1) is 14.5. The Morgan fingerprint density at radius 1 is 1.19 bits per heavy atom. The van der Waals surface area contributed by atoms with Gasteiger partial charge in [0.1, 0.15) is 0 Å². The Bertz CT molecular complexity index is 203. The fourth-order valence-electron chi connectivity index (χ4n) is 2.12. The minimum atomic E-state index is 0.410. The number of alkyl halides is 1. The van der Waals surface area contributed by atoms with Crippen molar-refractivity contribution in [1.29, 1.82) is 0 Å². The van der Waals surface area contributed by atoms with Gasteiger partial charge in [0.05, 0.1) is 0 Å². The highest BCUT2D eigenvalue weighted by Gasteiger charge is 2.33. The van der Waals surface area contributed by atoms with E-state index in [-0.39, 0.29) is 0 Å². The van der Waals surface area contributed by atoms with Crippen LogP contribution in [0.15, 0.2) is 0 Å². The highest BCUT2D eigenvalue weighted by molar-refractivity contribution is 9.09. The van der Waals surface area contributed by atoms with Crippen molar-refractivity contribution in [3.05, 3.63) is 0 Å². The van der Waals surface area contributed by atoms with Crippen LogP contribution in [0.1, 0.15) is 47.5 Å². The van der Waals surface area contributed by atoms with Crippen LogP contribution in [-0.4, -0.2) is 29.4 Å². The monoisotopic (exact) mass is 289 g/mol. The Morgan fingerprint density at radius 3 is 2.06 bits per heavy atom. The molecule has 1 aliphatic carbocycles. The molecule has 0 amide bonds. The highest BCUT2D eigenvalue weighted by Crippen LogP contribution is 2.33. The second-order valence-corrected chi connectivity index (χ2v) is 7.44. The first-order valence-electron chi connectivity index (χ1n) is 6.64. The molecular weight excluding hydrogens is 262 g/mol. The van der Waals surface area contributed by atoms with E-state index in [2.05, 4.69) is 55.4 Å². The van der Waals surface area contributed by atoms with Gasteiger partial charge in [-0.2, -0.15) is 0 Å². The molecular formula is C14H28BrN. The number of hydrogen-bond acceptors (Lipinski definition) is 1. The van der Waals surface area contributed by atoms with Crippen molar-refractivity contribution in [2.24, 2.45) is 17.3 Å². The zero-order valence-electron chi connectivity index (χ0n) is 11.6. The van der Waals surface area contributed by atoms with Gasteiger partial charge in [0.2, 0.25) is 0 Å². The fourth-order valence-corrected chi connectivity index (χ4v) is 3.29. The summed E-state index contributed by atoms with van der Waals surface area (Å²) in [5.41, 5.74) is 0.410. The molecule has 0 aromatic carbocycles. The van der Waals surface area contributed by atoms with Crippen molar-refractivity contribution in [3.63, 3.8) is 0 Å². The van der Waals surface area contributed by atoms with Gasteiger partial charge in [-0.1, -0.05) is 50.5 Å². The molecule has 1 unspecified atom stereocenters. The van der Waals surface area contributed by atoms with Crippen LogP contribution in [0.3, 0.4) is 0 Å². The smallest absolute Gasteiger partial charge is 0.00966 e. The lowest BCUT2D eigenvalue weighted by Gasteiger charge is -2.35. The Kier molecular flexibility index (Phi) is 5.31. The van der Waals surface area contributed by atoms with Gasteiger partial charge in [0.25, 0.3) is 0 Å². The molecule has 16 heavy (non-hydrogen) atoms. The molecule has 1 atom stereocenters. The van der Waals surface area contributed by atoms with Crippen molar-refractivity contribution in [3.8, 4) is 0 Å². The van der Waals surface area contributed by atoms with Gasteiger partial charge in [-0.05, 0) is 30.1 Å². The maximum absolute atomic E-state index is 3.69. The van der Waals surface area contributed by atoms with Gasteiger partial charge >= 0.3 is 0 Å². The summed E-state index contributed by atoms with van der Waals surface area (Å²) in [5, 5.41) is 1.12. The van der Waals surface area contributed by atoms with E-state index >= 15 is 0 Å². The Morgan fingerprint density at radius 2 is 1.75 bits per heavy atom. The number of rotatable bonds is 6. The summed E-state index contributed by atoms with van der Waals surface area (Å²) in [6.45, 7) is 14.3. The molecule has 1 fully saturated rings. The van der Waals surface area contributed by atoms with Crippen LogP contribution in [-0.2, 0) is 0 Å². The third-order valence-corrected chi connectivity index (χ3v) is 4.31. The maximum atomic E-state index is 3.69. The highest BCUT2D eigenvalue weighted by atomic mass is 79.9. The molecule has 1 nitrogen and oxygen atoms in total. The van der Waals surface area contributed by atoms with Gasteiger partial charge in [-0.15, -0.1) is 0 Å². The minimum absolute atomic E-state index is 0.410. The second kappa shape index (κ2) is 5.86. The molecule has 0 aromatic heterocycles. The summed E-state index contributed by atoms with van der Waals surface area (Å²) in [4.78, 5) is 2.72. The number of nitrogens with zero attached hydrogens (tertiary/aromatic N) is 1. The lowest BCUT2D eigenvalue weighted by atomic mass is 9.81. The van der Waals surface area contributed by atoms with E-state index in [0.717, 1.165) is 23.2 Å². The zero-order chi connectivity index (χ0) is 12.3. The standard InChI is InChI=1S/C14H28BrN/c1-11(2)9-16(13-6-7-13)10-12(8-15)14(3,4)5/h11-13H,6-10H2,1-5H3. The molecule has 0 aromatic rings. The topological polar surface area (TPSA) is 3.24 Å². The van der Waals surface area contributed by atoms with Crippen LogP contribution in [0.2, 0.25) is 0 Å². The molecule has 1 rings (SSSR count). The van der Waals surface area contributed by atoms with E-state index in [0.29, 0.717) is 5.41 Å². The third kappa shape index (κ3) is 4.75. The molecule has 1 saturated carbocycles. The zero-order valence-corrected chi connectivity index (χ0v) is 13.2. The second-order valence-electron chi connectivity index (χ2n) is 6.80. The summed E-state index contributed by atoms with van der Waals surface area (Å²) in [5.74, 6) is 1.54. The normalized spacial score (nSPS) is 19.5. The minimum Gasteiger partial charge on any atom is -0.300 e. The predicted molar refractivity (Wildman–Crippen MR) is 76.2 cm³/mol. The molecule has 2 heteroatoms. The van der Waals surface area contributed by atoms with Crippen molar-refractivity contribution in [1.82, 2.24) is 4.90 Å². The summed E-state index contributed by atoms with van der Waals surface area (Å²) >= 11 is 3.69. The summed E-state index contributed by atoms with van der Waals surface area (Å²) in [6.07, 6.45) is 2.84. The lowest BCUT2D eigenvalue weighted by Crippen LogP contribution is -2.39. The van der Waals surface area contributed by atoms with Gasteiger partial charge in [-0.3, -0.25) is 4.90 Å². The first-order chi connectivity index (χ1) is 7.34. The van der Waals surface area contributed by atoms with Crippen molar-refractivity contribution in [2.45, 2.75) is 53.5 Å². The molecule has 0 heterocycles. The van der Waals surface area contributed by atoms with Crippen molar-refractivity contribution in [2.75, 3.05) is 18.4 Å². The first-order valence-corrected chi connectivity index (χ1v) is 7.76. The molecule has 0 N–H and O–H groups in total. The van der Waals surface area contributed by atoms with Gasteiger partial charge in [0.15, 0.2) is 0 Å². The van der Waals surface area contributed by atoms with Gasteiger partial charge in [-0.25, -0.2) is 0 Å². The van der Waals surface area contributed by atoms with E-state index in [1.165, 1.54) is 25.9 Å². The molecule has 96 valence electrons. The van der Waals surface area contributed by atoms with Crippen LogP contribution in [0.4, 0.5) is 0 Å². The van der Waals surface area contributed by atoms with Gasteiger partial charge in [0, 0.05) is 24.5 Å². The molecule has 0 radical (unpaired) electrons. The van der Waals surface area contributed by atoms with Crippen LogP contribution < -0.4 is 0 Å². The Labute approximate surface area is 110 Å². The SMILES string of the molecule is CC(C)CN(CC(CBr)C(C)(C)C)C1CC1. The van der Waals surface area contributed by atoms with Crippen molar-refractivity contribution < 1.29 is 0 Å². The van der Waals surface area contributed by atoms with Crippen LogP contribution >= 0.6 is 15.9 Å². The van der Waals surface area contributed by atoms with Crippen LogP contribution in [0, 0.1) is 17.3 Å². The summed E-state index contributed by atoms with van der Waals surface area (Å²) < 4.78 is 0. The fraction of sp³-hybridized carbons (Fsp3) is 1.00. The van der Waals surface area contributed by atoms with Gasteiger partial charge < -0.3 is 0 Å². The lowest BCUT2D eigenvalue weighted by molar-refractivity contribution is 0.147. The van der Waals surface area contributed by atoms with Crippen LogP contribution in [0.5, 0.6) is 0 Å². The van der Waals surface area contributed by atoms with Crippen molar-refractivity contribution >= 4 is 15.9 Å². The van der Waals surface area contributed by atoms with E-state index in [1.54, 1.807) is 0 Å². The van der Waals surface area contributed by atoms with Crippen LogP contribution in [0.25, 0.3) is 0 Å².